The Kier molecular flexibility index (Phi) is 7.40. The van der Waals surface area contributed by atoms with Crippen LogP contribution in [0.1, 0.15) is 25.0 Å². The molecule has 102 valence electrons. The Morgan fingerprint density at radius 1 is 1.22 bits per heavy atom. The lowest BCUT2D eigenvalue weighted by Crippen LogP contribution is -2.25. The van der Waals surface area contributed by atoms with Crippen LogP contribution >= 0.6 is 11.8 Å². The number of aryl methyl sites for hydroxylation is 1. The fourth-order valence-electron chi connectivity index (χ4n) is 2.01. The highest BCUT2D eigenvalue weighted by molar-refractivity contribution is 7.99. The second-order valence-electron chi connectivity index (χ2n) is 4.51. The van der Waals surface area contributed by atoms with Crippen molar-refractivity contribution < 1.29 is 0 Å². The van der Waals surface area contributed by atoms with Crippen molar-refractivity contribution in [1.82, 2.24) is 10.2 Å². The third-order valence-electron chi connectivity index (χ3n) is 3.18. The first kappa shape index (κ1) is 15.5. The lowest BCUT2D eigenvalue weighted by atomic mass is 10.1. The van der Waals surface area contributed by atoms with Crippen molar-refractivity contribution in [3.63, 3.8) is 0 Å². The minimum atomic E-state index is 0.950. The van der Waals surface area contributed by atoms with Crippen LogP contribution in [-0.2, 0) is 6.54 Å². The van der Waals surface area contributed by atoms with Crippen LogP contribution in [0.3, 0.4) is 0 Å². The van der Waals surface area contributed by atoms with Gasteiger partial charge in [-0.25, -0.2) is 0 Å². The van der Waals surface area contributed by atoms with Crippen molar-refractivity contribution in [2.24, 2.45) is 0 Å². The topological polar surface area (TPSA) is 15.3 Å². The van der Waals surface area contributed by atoms with Gasteiger partial charge < -0.3 is 10.2 Å². The lowest BCUT2D eigenvalue weighted by Gasteiger charge is -2.17. The van der Waals surface area contributed by atoms with E-state index in [1.165, 1.54) is 28.3 Å². The molecule has 0 heterocycles. The number of benzene rings is 1. The molecule has 1 N–H and O–H groups in total. The molecule has 0 spiro atoms. The molecule has 1 aromatic rings. The molecular formula is C15H26N2S. The Hall–Kier alpha value is -0.510. The molecule has 0 unspecified atom stereocenters. The van der Waals surface area contributed by atoms with Crippen molar-refractivity contribution in [3.05, 3.63) is 29.3 Å². The second-order valence-corrected chi connectivity index (χ2v) is 5.64. The van der Waals surface area contributed by atoms with Crippen molar-refractivity contribution in [1.29, 1.82) is 0 Å². The van der Waals surface area contributed by atoms with Crippen molar-refractivity contribution in [3.8, 4) is 0 Å². The molecule has 1 aromatic carbocycles. The largest absolute Gasteiger partial charge is 0.316 e. The van der Waals surface area contributed by atoms with Crippen LogP contribution in [0.5, 0.6) is 0 Å². The maximum atomic E-state index is 3.19. The molecule has 0 bridgehead atoms. The van der Waals surface area contributed by atoms with E-state index >= 15 is 0 Å². The van der Waals surface area contributed by atoms with Gasteiger partial charge in [-0.15, -0.1) is 11.8 Å². The summed E-state index contributed by atoms with van der Waals surface area (Å²) < 4.78 is 0. The van der Waals surface area contributed by atoms with E-state index in [0.29, 0.717) is 0 Å². The van der Waals surface area contributed by atoms with Crippen molar-refractivity contribution in [2.45, 2.75) is 32.2 Å². The van der Waals surface area contributed by atoms with E-state index in [1.807, 2.05) is 18.8 Å². The van der Waals surface area contributed by atoms with Gasteiger partial charge in [-0.05, 0) is 44.3 Å². The maximum absolute atomic E-state index is 3.19. The molecule has 0 fully saturated rings. The van der Waals surface area contributed by atoms with Crippen LogP contribution in [0.15, 0.2) is 23.1 Å². The summed E-state index contributed by atoms with van der Waals surface area (Å²) >= 11 is 1.97. The predicted octanol–water partition coefficient (Wildman–Crippen LogP) is 3.15. The van der Waals surface area contributed by atoms with Crippen LogP contribution in [0.25, 0.3) is 0 Å². The zero-order valence-corrected chi connectivity index (χ0v) is 12.9. The zero-order chi connectivity index (χ0) is 13.4. The SMILES string of the molecule is CCN(CC)CCSc1ccc(CNC)cc1C. The first-order valence-corrected chi connectivity index (χ1v) is 7.79. The van der Waals surface area contributed by atoms with Gasteiger partial charge in [-0.2, -0.15) is 0 Å². The summed E-state index contributed by atoms with van der Waals surface area (Å²) in [6, 6.07) is 6.77. The van der Waals surface area contributed by atoms with E-state index in [1.54, 1.807) is 0 Å². The molecule has 0 aliphatic heterocycles. The van der Waals surface area contributed by atoms with Gasteiger partial charge in [0.25, 0.3) is 0 Å². The van der Waals surface area contributed by atoms with Gasteiger partial charge in [0.15, 0.2) is 0 Å². The molecule has 2 nitrogen and oxygen atoms in total. The summed E-state index contributed by atoms with van der Waals surface area (Å²) in [5, 5.41) is 3.19. The van der Waals surface area contributed by atoms with Crippen LogP contribution in [-0.4, -0.2) is 37.3 Å². The second kappa shape index (κ2) is 8.57. The molecule has 0 aliphatic rings. The normalized spacial score (nSPS) is 11.2. The molecule has 0 saturated heterocycles. The highest BCUT2D eigenvalue weighted by Gasteiger charge is 2.03. The van der Waals surface area contributed by atoms with E-state index in [-0.39, 0.29) is 0 Å². The number of nitrogens with one attached hydrogen (secondary N) is 1. The Labute approximate surface area is 116 Å². The molecule has 0 atom stereocenters. The van der Waals surface area contributed by atoms with E-state index in [2.05, 4.69) is 49.2 Å². The molecule has 1 rings (SSSR count). The monoisotopic (exact) mass is 266 g/mol. The Balaban J connectivity index is 2.47. The van der Waals surface area contributed by atoms with Crippen LogP contribution < -0.4 is 5.32 Å². The Morgan fingerprint density at radius 2 is 1.94 bits per heavy atom. The van der Waals surface area contributed by atoms with Gasteiger partial charge in [0.1, 0.15) is 0 Å². The molecule has 0 saturated carbocycles. The van der Waals surface area contributed by atoms with Crippen LogP contribution in [0.4, 0.5) is 0 Å². The van der Waals surface area contributed by atoms with E-state index in [9.17, 15) is 0 Å². The summed E-state index contributed by atoms with van der Waals surface area (Å²) in [7, 11) is 1.99. The zero-order valence-electron chi connectivity index (χ0n) is 12.1. The minimum Gasteiger partial charge on any atom is -0.316 e. The van der Waals surface area contributed by atoms with Crippen molar-refractivity contribution >= 4 is 11.8 Å². The molecule has 0 aliphatic carbocycles. The first-order chi connectivity index (χ1) is 8.71. The van der Waals surface area contributed by atoms with Crippen LogP contribution in [0, 0.1) is 6.92 Å². The first-order valence-electron chi connectivity index (χ1n) is 6.80. The Bertz CT molecular complexity index is 348. The fourth-order valence-corrected chi connectivity index (χ4v) is 3.03. The quantitative estimate of drug-likeness (QED) is 0.728. The predicted molar refractivity (Wildman–Crippen MR) is 82.5 cm³/mol. The average molecular weight is 266 g/mol. The fraction of sp³-hybridized carbons (Fsp3) is 0.600. The lowest BCUT2D eigenvalue weighted by molar-refractivity contribution is 0.324. The van der Waals surface area contributed by atoms with Gasteiger partial charge in [0, 0.05) is 23.7 Å². The summed E-state index contributed by atoms with van der Waals surface area (Å²) in [5.74, 6) is 1.17. The Morgan fingerprint density at radius 3 is 2.50 bits per heavy atom. The molecule has 18 heavy (non-hydrogen) atoms. The van der Waals surface area contributed by atoms with Gasteiger partial charge in [0.2, 0.25) is 0 Å². The number of hydrogen-bond acceptors (Lipinski definition) is 3. The molecule has 0 radical (unpaired) electrons. The maximum Gasteiger partial charge on any atom is 0.0202 e. The summed E-state index contributed by atoms with van der Waals surface area (Å²) in [6.07, 6.45) is 0. The standard InChI is InChI=1S/C15H26N2S/c1-5-17(6-2)9-10-18-15-8-7-14(12-16-4)11-13(15)3/h7-8,11,16H,5-6,9-10,12H2,1-4H3. The number of thioether (sulfide) groups is 1. The smallest absolute Gasteiger partial charge is 0.0202 e. The molecule has 0 amide bonds. The van der Waals surface area contributed by atoms with E-state index < -0.39 is 0 Å². The van der Waals surface area contributed by atoms with Crippen LogP contribution in [0.2, 0.25) is 0 Å². The minimum absolute atomic E-state index is 0.950. The van der Waals surface area contributed by atoms with Gasteiger partial charge >= 0.3 is 0 Å². The van der Waals surface area contributed by atoms with Crippen molar-refractivity contribution in [2.75, 3.05) is 32.4 Å². The van der Waals surface area contributed by atoms with Gasteiger partial charge in [-0.3, -0.25) is 0 Å². The summed E-state index contributed by atoms with van der Waals surface area (Å²) in [5.41, 5.74) is 2.76. The highest BCUT2D eigenvalue weighted by Crippen LogP contribution is 2.23. The number of rotatable bonds is 8. The molecule has 3 heteroatoms. The average Bonchev–Trinajstić information content (AvgIpc) is 2.37. The summed E-state index contributed by atoms with van der Waals surface area (Å²) in [4.78, 5) is 3.89. The molecule has 0 aromatic heterocycles. The van der Waals surface area contributed by atoms with Gasteiger partial charge in [-0.1, -0.05) is 26.0 Å². The molecular weight excluding hydrogens is 240 g/mol. The van der Waals surface area contributed by atoms with Gasteiger partial charge in [0.05, 0.1) is 0 Å². The number of nitrogens with zero attached hydrogens (tertiary/aromatic N) is 1. The number of hydrogen-bond donors (Lipinski definition) is 1. The third-order valence-corrected chi connectivity index (χ3v) is 4.34. The highest BCUT2D eigenvalue weighted by atomic mass is 32.2. The third kappa shape index (κ3) is 5.01. The van der Waals surface area contributed by atoms with E-state index in [0.717, 1.165) is 19.6 Å². The van der Waals surface area contributed by atoms with E-state index in [4.69, 9.17) is 0 Å². The summed E-state index contributed by atoms with van der Waals surface area (Å²) in [6.45, 7) is 11.1.